The molecule has 20 heavy (non-hydrogen) atoms. The molecular weight excluding hydrogens is 250 g/mol. The largest absolute Gasteiger partial charge is 0.490 e. The molecule has 112 valence electrons. The summed E-state index contributed by atoms with van der Waals surface area (Å²) >= 11 is 0. The summed E-state index contributed by atoms with van der Waals surface area (Å²) in [6.45, 7) is 6.17. The maximum absolute atomic E-state index is 5.80. The van der Waals surface area contributed by atoms with Crippen molar-refractivity contribution in [3.63, 3.8) is 0 Å². The third-order valence-electron chi connectivity index (χ3n) is 3.65. The highest BCUT2D eigenvalue weighted by molar-refractivity contribution is 5.29. The van der Waals surface area contributed by atoms with E-state index in [1.165, 1.54) is 18.4 Å². The molecule has 3 heteroatoms. The van der Waals surface area contributed by atoms with Gasteiger partial charge in [-0.15, -0.1) is 0 Å². The van der Waals surface area contributed by atoms with E-state index in [0.717, 1.165) is 25.3 Å². The predicted octanol–water partition coefficient (Wildman–Crippen LogP) is 3.55. The fraction of sp³-hybridized carbons (Fsp3) is 0.647. The molecule has 1 aromatic carbocycles. The molecule has 1 aromatic rings. The number of hydrogen-bond donors (Lipinski definition) is 1. The van der Waals surface area contributed by atoms with Crippen LogP contribution >= 0.6 is 0 Å². The SMILES string of the molecule is CCNC(CC(C)COC)c1ccc(OC2CC2)cc1. The average molecular weight is 277 g/mol. The van der Waals surface area contributed by atoms with Crippen LogP contribution in [0.25, 0.3) is 0 Å². The topological polar surface area (TPSA) is 30.5 Å². The highest BCUT2D eigenvalue weighted by Crippen LogP contribution is 2.28. The van der Waals surface area contributed by atoms with Crippen molar-refractivity contribution in [2.24, 2.45) is 5.92 Å². The van der Waals surface area contributed by atoms with Crippen LogP contribution in [0, 0.1) is 5.92 Å². The first kappa shape index (κ1) is 15.3. The van der Waals surface area contributed by atoms with Crippen molar-refractivity contribution in [3.8, 4) is 5.75 Å². The maximum Gasteiger partial charge on any atom is 0.119 e. The highest BCUT2D eigenvalue weighted by Gasteiger charge is 2.23. The molecule has 1 aliphatic carbocycles. The summed E-state index contributed by atoms with van der Waals surface area (Å²) in [5.41, 5.74) is 1.33. The van der Waals surface area contributed by atoms with E-state index in [9.17, 15) is 0 Å². The highest BCUT2D eigenvalue weighted by atomic mass is 16.5. The van der Waals surface area contributed by atoms with Gasteiger partial charge < -0.3 is 14.8 Å². The van der Waals surface area contributed by atoms with Crippen LogP contribution in [-0.4, -0.2) is 26.4 Å². The summed E-state index contributed by atoms with van der Waals surface area (Å²) in [6.07, 6.45) is 3.96. The van der Waals surface area contributed by atoms with E-state index in [2.05, 4.69) is 43.4 Å². The Kier molecular flexibility index (Phi) is 5.86. The third-order valence-corrected chi connectivity index (χ3v) is 3.65. The van der Waals surface area contributed by atoms with E-state index < -0.39 is 0 Å². The average Bonchev–Trinajstić information content (AvgIpc) is 3.23. The van der Waals surface area contributed by atoms with Gasteiger partial charge in [-0.25, -0.2) is 0 Å². The van der Waals surface area contributed by atoms with E-state index >= 15 is 0 Å². The van der Waals surface area contributed by atoms with E-state index in [4.69, 9.17) is 9.47 Å². The molecule has 0 spiro atoms. The maximum atomic E-state index is 5.80. The summed E-state index contributed by atoms with van der Waals surface area (Å²) in [6, 6.07) is 8.95. The number of hydrogen-bond acceptors (Lipinski definition) is 3. The summed E-state index contributed by atoms with van der Waals surface area (Å²) < 4.78 is 11.0. The number of ether oxygens (including phenoxy) is 2. The molecule has 0 radical (unpaired) electrons. The van der Waals surface area contributed by atoms with Crippen LogP contribution in [0.1, 0.15) is 44.7 Å². The molecule has 0 aromatic heterocycles. The van der Waals surface area contributed by atoms with Crippen LogP contribution < -0.4 is 10.1 Å². The minimum absolute atomic E-state index is 0.389. The molecule has 2 unspecified atom stereocenters. The Balaban J connectivity index is 1.95. The Morgan fingerprint density at radius 3 is 2.50 bits per heavy atom. The summed E-state index contributed by atoms with van der Waals surface area (Å²) in [4.78, 5) is 0. The molecular formula is C17H27NO2. The summed E-state index contributed by atoms with van der Waals surface area (Å²) in [5, 5.41) is 3.56. The van der Waals surface area contributed by atoms with E-state index in [-0.39, 0.29) is 0 Å². The van der Waals surface area contributed by atoms with Crippen LogP contribution in [-0.2, 0) is 4.74 Å². The number of benzene rings is 1. The Morgan fingerprint density at radius 2 is 1.95 bits per heavy atom. The molecule has 1 saturated carbocycles. The van der Waals surface area contributed by atoms with Crippen molar-refractivity contribution in [1.29, 1.82) is 0 Å². The Hall–Kier alpha value is -1.06. The van der Waals surface area contributed by atoms with Gasteiger partial charge in [0.2, 0.25) is 0 Å². The number of methoxy groups -OCH3 is 1. The molecule has 0 bridgehead atoms. The fourth-order valence-corrected chi connectivity index (χ4v) is 2.50. The van der Waals surface area contributed by atoms with Crippen molar-refractivity contribution in [3.05, 3.63) is 29.8 Å². The van der Waals surface area contributed by atoms with E-state index in [1.54, 1.807) is 7.11 Å². The van der Waals surface area contributed by atoms with Gasteiger partial charge in [0, 0.05) is 19.8 Å². The van der Waals surface area contributed by atoms with Crippen molar-refractivity contribution in [2.45, 2.75) is 45.3 Å². The Labute approximate surface area is 122 Å². The van der Waals surface area contributed by atoms with Gasteiger partial charge in [-0.05, 0) is 49.4 Å². The lowest BCUT2D eigenvalue weighted by Gasteiger charge is -2.22. The quantitative estimate of drug-likeness (QED) is 0.749. The second kappa shape index (κ2) is 7.65. The molecule has 1 N–H and O–H groups in total. The molecule has 1 fully saturated rings. The van der Waals surface area contributed by atoms with Crippen molar-refractivity contribution < 1.29 is 9.47 Å². The molecule has 2 atom stereocenters. The predicted molar refractivity (Wildman–Crippen MR) is 82.2 cm³/mol. The van der Waals surface area contributed by atoms with Gasteiger partial charge in [-0.3, -0.25) is 0 Å². The van der Waals surface area contributed by atoms with Gasteiger partial charge >= 0.3 is 0 Å². The van der Waals surface area contributed by atoms with Crippen molar-refractivity contribution in [1.82, 2.24) is 5.32 Å². The smallest absolute Gasteiger partial charge is 0.119 e. The van der Waals surface area contributed by atoms with E-state index in [0.29, 0.717) is 18.1 Å². The Morgan fingerprint density at radius 1 is 1.25 bits per heavy atom. The minimum atomic E-state index is 0.389. The van der Waals surface area contributed by atoms with Crippen LogP contribution in [0.4, 0.5) is 0 Å². The normalized spacial score (nSPS) is 17.8. The summed E-state index contributed by atoms with van der Waals surface area (Å²) in [5.74, 6) is 1.54. The lowest BCUT2D eigenvalue weighted by atomic mass is 9.96. The standard InChI is InChI=1S/C17H27NO2/c1-4-18-17(11-13(2)12-19-3)14-5-7-15(8-6-14)20-16-9-10-16/h5-8,13,16-18H,4,9-12H2,1-3H3. The zero-order valence-corrected chi connectivity index (χ0v) is 12.9. The molecule has 0 amide bonds. The van der Waals surface area contributed by atoms with Gasteiger partial charge in [-0.2, -0.15) is 0 Å². The monoisotopic (exact) mass is 277 g/mol. The molecule has 0 heterocycles. The minimum Gasteiger partial charge on any atom is -0.490 e. The lowest BCUT2D eigenvalue weighted by Crippen LogP contribution is -2.24. The summed E-state index contributed by atoms with van der Waals surface area (Å²) in [7, 11) is 1.77. The Bertz CT molecular complexity index is 386. The molecule has 3 nitrogen and oxygen atoms in total. The van der Waals surface area contributed by atoms with Crippen LogP contribution in [0.5, 0.6) is 5.75 Å². The molecule has 1 aliphatic rings. The second-order valence-electron chi connectivity index (χ2n) is 5.79. The molecule has 2 rings (SSSR count). The van der Waals surface area contributed by atoms with Crippen molar-refractivity contribution in [2.75, 3.05) is 20.3 Å². The third kappa shape index (κ3) is 4.80. The second-order valence-corrected chi connectivity index (χ2v) is 5.79. The van der Waals surface area contributed by atoms with Gasteiger partial charge in [0.25, 0.3) is 0 Å². The first-order valence-electron chi connectivity index (χ1n) is 7.71. The first-order chi connectivity index (χ1) is 9.72. The van der Waals surface area contributed by atoms with Gasteiger partial charge in [0.1, 0.15) is 5.75 Å². The van der Waals surface area contributed by atoms with Crippen molar-refractivity contribution >= 4 is 0 Å². The van der Waals surface area contributed by atoms with E-state index in [1.807, 2.05) is 0 Å². The lowest BCUT2D eigenvalue weighted by molar-refractivity contribution is 0.149. The zero-order valence-electron chi connectivity index (χ0n) is 12.9. The van der Waals surface area contributed by atoms with Crippen LogP contribution in [0.2, 0.25) is 0 Å². The zero-order chi connectivity index (χ0) is 14.4. The first-order valence-corrected chi connectivity index (χ1v) is 7.71. The molecule has 0 aliphatic heterocycles. The molecule has 0 saturated heterocycles. The van der Waals surface area contributed by atoms with Crippen LogP contribution in [0.3, 0.4) is 0 Å². The van der Waals surface area contributed by atoms with Crippen LogP contribution in [0.15, 0.2) is 24.3 Å². The number of rotatable bonds is 9. The fourth-order valence-electron chi connectivity index (χ4n) is 2.50. The number of nitrogens with one attached hydrogen (secondary N) is 1. The van der Waals surface area contributed by atoms with Gasteiger partial charge in [0.15, 0.2) is 0 Å². The van der Waals surface area contributed by atoms with Gasteiger partial charge in [0.05, 0.1) is 6.10 Å². The van der Waals surface area contributed by atoms with Gasteiger partial charge in [-0.1, -0.05) is 26.0 Å².